The van der Waals surface area contributed by atoms with E-state index in [9.17, 15) is 22.8 Å². The predicted molar refractivity (Wildman–Crippen MR) is 143 cm³/mol. The molecule has 0 unspecified atom stereocenters. The Kier molecular flexibility index (Phi) is 9.73. The van der Waals surface area contributed by atoms with Crippen molar-refractivity contribution in [1.29, 1.82) is 0 Å². The zero-order valence-corrected chi connectivity index (χ0v) is 22.9. The van der Waals surface area contributed by atoms with Gasteiger partial charge in [0.05, 0.1) is 10.6 Å². The molecule has 0 heterocycles. The number of carbonyl (C=O) groups is 3. The van der Waals surface area contributed by atoms with Crippen molar-refractivity contribution in [1.82, 2.24) is 5.32 Å². The van der Waals surface area contributed by atoms with Crippen LogP contribution in [0.4, 0.5) is 11.4 Å². The van der Waals surface area contributed by atoms with E-state index in [-0.39, 0.29) is 29.4 Å². The van der Waals surface area contributed by atoms with Crippen molar-refractivity contribution in [2.45, 2.75) is 51.0 Å². The molecule has 1 saturated carbocycles. The van der Waals surface area contributed by atoms with Crippen LogP contribution in [0.15, 0.2) is 53.4 Å². The molecular formula is C27H35N3O7S. The lowest BCUT2D eigenvalue weighted by molar-refractivity contribution is -0.150. The number of nitrogens with one attached hydrogen (secondary N) is 2. The Morgan fingerprint density at radius 2 is 1.63 bits per heavy atom. The number of carbonyl (C=O) groups excluding carboxylic acids is 3. The number of rotatable bonds is 10. The molecule has 0 aliphatic heterocycles. The third-order valence-corrected chi connectivity index (χ3v) is 8.61. The first-order valence-corrected chi connectivity index (χ1v) is 14.0. The van der Waals surface area contributed by atoms with Gasteiger partial charge in [-0.1, -0.05) is 26.7 Å². The largest absolute Gasteiger partial charge is 0.482 e. The number of benzene rings is 2. The van der Waals surface area contributed by atoms with Gasteiger partial charge < -0.3 is 20.1 Å². The van der Waals surface area contributed by atoms with Crippen LogP contribution in [0.2, 0.25) is 0 Å². The number of nitrogens with zero attached hydrogens (tertiary/aromatic N) is 1. The van der Waals surface area contributed by atoms with Crippen molar-refractivity contribution in [2.75, 3.05) is 29.9 Å². The summed E-state index contributed by atoms with van der Waals surface area (Å²) in [6.07, 6.45) is 3.14. The summed E-state index contributed by atoms with van der Waals surface area (Å²) >= 11 is 0. The van der Waals surface area contributed by atoms with E-state index in [1.54, 1.807) is 12.1 Å². The van der Waals surface area contributed by atoms with Crippen LogP contribution in [0.3, 0.4) is 0 Å². The number of amides is 2. The number of sulfonamides is 1. The lowest BCUT2D eigenvalue weighted by Gasteiger charge is -2.34. The van der Waals surface area contributed by atoms with Crippen LogP contribution >= 0.6 is 0 Å². The van der Waals surface area contributed by atoms with Gasteiger partial charge in [-0.05, 0) is 66.8 Å². The van der Waals surface area contributed by atoms with Gasteiger partial charge in [0, 0.05) is 25.7 Å². The summed E-state index contributed by atoms with van der Waals surface area (Å²) in [4.78, 5) is 35.4. The maximum atomic E-state index is 13.0. The molecule has 0 spiro atoms. The average molecular weight is 546 g/mol. The molecule has 2 aromatic carbocycles. The van der Waals surface area contributed by atoms with Gasteiger partial charge in [-0.3, -0.25) is 13.9 Å². The summed E-state index contributed by atoms with van der Waals surface area (Å²) < 4.78 is 37.5. The monoisotopic (exact) mass is 545 g/mol. The molecule has 1 fully saturated rings. The highest BCUT2D eigenvalue weighted by Crippen LogP contribution is 2.29. The highest BCUT2D eigenvalue weighted by atomic mass is 32.2. The molecule has 3 rings (SSSR count). The van der Waals surface area contributed by atoms with E-state index in [1.807, 2.05) is 0 Å². The highest BCUT2D eigenvalue weighted by Gasteiger charge is 2.28. The second-order valence-corrected chi connectivity index (χ2v) is 11.5. The van der Waals surface area contributed by atoms with Crippen molar-refractivity contribution in [3.63, 3.8) is 0 Å². The fraction of sp³-hybridized carbons (Fsp3) is 0.444. The highest BCUT2D eigenvalue weighted by molar-refractivity contribution is 7.92. The van der Waals surface area contributed by atoms with Gasteiger partial charge in [0.25, 0.3) is 15.9 Å². The number of hydrogen-bond acceptors (Lipinski definition) is 7. The molecule has 2 aromatic rings. The normalized spacial score (nSPS) is 19.2. The summed E-state index contributed by atoms with van der Waals surface area (Å²) in [5.74, 6) is -0.0129. The van der Waals surface area contributed by atoms with Crippen molar-refractivity contribution < 1.29 is 32.3 Å². The van der Waals surface area contributed by atoms with E-state index in [1.165, 1.54) is 50.4 Å². The molecule has 1 aliphatic rings. The third-order valence-electron chi connectivity index (χ3n) is 6.81. The molecule has 0 aromatic heterocycles. The van der Waals surface area contributed by atoms with E-state index >= 15 is 0 Å². The minimum atomic E-state index is -3.84. The Bertz CT molecular complexity index is 1230. The van der Waals surface area contributed by atoms with Crippen molar-refractivity contribution >= 4 is 39.2 Å². The SMILES string of the molecule is CC(=O)Nc1ccc(S(=O)(=O)N(C)c2ccc(OCC(=O)OCC(=O)N[C@H]3CCC[C@@H](C)[C@H]3C)cc2)cc1. The smallest absolute Gasteiger partial charge is 0.344 e. The Morgan fingerprint density at radius 1 is 0.974 bits per heavy atom. The predicted octanol–water partition coefficient (Wildman–Crippen LogP) is 3.33. The van der Waals surface area contributed by atoms with E-state index in [4.69, 9.17) is 9.47 Å². The van der Waals surface area contributed by atoms with Gasteiger partial charge in [-0.25, -0.2) is 13.2 Å². The number of esters is 1. The van der Waals surface area contributed by atoms with Crippen molar-refractivity contribution in [3.8, 4) is 5.75 Å². The van der Waals surface area contributed by atoms with Gasteiger partial charge in [0.1, 0.15) is 5.75 Å². The van der Waals surface area contributed by atoms with E-state index in [2.05, 4.69) is 24.5 Å². The molecule has 206 valence electrons. The quantitative estimate of drug-likeness (QED) is 0.438. The molecule has 38 heavy (non-hydrogen) atoms. The van der Waals surface area contributed by atoms with E-state index < -0.39 is 22.6 Å². The summed E-state index contributed by atoms with van der Waals surface area (Å²) in [7, 11) is -2.42. The van der Waals surface area contributed by atoms with Crippen LogP contribution in [0, 0.1) is 11.8 Å². The first-order chi connectivity index (χ1) is 18.0. The fourth-order valence-corrected chi connectivity index (χ4v) is 5.52. The zero-order valence-electron chi connectivity index (χ0n) is 22.1. The van der Waals surface area contributed by atoms with Crippen molar-refractivity contribution in [2.24, 2.45) is 11.8 Å². The third kappa shape index (κ3) is 7.70. The average Bonchev–Trinajstić information content (AvgIpc) is 2.88. The molecular weight excluding hydrogens is 510 g/mol. The van der Waals surface area contributed by atoms with Gasteiger partial charge in [-0.2, -0.15) is 0 Å². The number of ether oxygens (including phenoxy) is 2. The Labute approximate surface area is 223 Å². The summed E-state index contributed by atoms with van der Waals surface area (Å²) in [5.41, 5.74) is 0.877. The van der Waals surface area contributed by atoms with Crippen LogP contribution in [0.25, 0.3) is 0 Å². The summed E-state index contributed by atoms with van der Waals surface area (Å²) in [6, 6.07) is 12.1. The standard InChI is InChI=1S/C27H35N3O7S/c1-18-6-5-7-25(19(18)2)29-26(32)16-37-27(33)17-36-23-12-10-22(11-13-23)30(4)38(34,35)24-14-8-21(9-15-24)28-20(3)31/h8-15,18-19,25H,5-7,16-17H2,1-4H3,(H,28,31)(H,29,32)/t18-,19-,25+/m1/s1. The minimum Gasteiger partial charge on any atom is -0.482 e. The van der Waals surface area contributed by atoms with Crippen LogP contribution in [-0.2, 0) is 29.1 Å². The van der Waals surface area contributed by atoms with Gasteiger partial charge in [0.2, 0.25) is 5.91 Å². The van der Waals surface area contributed by atoms with Crippen molar-refractivity contribution in [3.05, 3.63) is 48.5 Å². The van der Waals surface area contributed by atoms with E-state index in [0.717, 1.165) is 23.6 Å². The van der Waals surface area contributed by atoms with Crippen LogP contribution in [-0.4, -0.2) is 52.5 Å². The molecule has 3 atom stereocenters. The lowest BCUT2D eigenvalue weighted by Crippen LogP contribution is -2.45. The summed E-state index contributed by atoms with van der Waals surface area (Å²) in [6.45, 7) is 4.91. The Hall–Kier alpha value is -3.60. The van der Waals surface area contributed by atoms with Crippen LogP contribution < -0.4 is 19.7 Å². The molecule has 10 nitrogen and oxygen atoms in total. The molecule has 2 N–H and O–H groups in total. The van der Waals surface area contributed by atoms with Crippen LogP contribution in [0.1, 0.15) is 40.0 Å². The molecule has 0 saturated heterocycles. The maximum absolute atomic E-state index is 13.0. The lowest BCUT2D eigenvalue weighted by atomic mass is 9.78. The van der Waals surface area contributed by atoms with Gasteiger partial charge in [-0.15, -0.1) is 0 Å². The molecule has 0 bridgehead atoms. The molecule has 0 radical (unpaired) electrons. The minimum absolute atomic E-state index is 0.0636. The zero-order chi connectivity index (χ0) is 27.9. The van der Waals surface area contributed by atoms with E-state index in [0.29, 0.717) is 29.0 Å². The Morgan fingerprint density at radius 3 is 2.26 bits per heavy atom. The first-order valence-electron chi connectivity index (χ1n) is 12.5. The number of anilines is 2. The van der Waals surface area contributed by atoms with Gasteiger partial charge in [0.15, 0.2) is 13.2 Å². The Balaban J connectivity index is 1.47. The maximum Gasteiger partial charge on any atom is 0.344 e. The molecule has 11 heteroatoms. The van der Waals surface area contributed by atoms with Crippen LogP contribution in [0.5, 0.6) is 5.75 Å². The second-order valence-electron chi connectivity index (χ2n) is 9.56. The molecule has 2 amide bonds. The topological polar surface area (TPSA) is 131 Å². The number of hydrogen-bond donors (Lipinski definition) is 2. The fourth-order valence-electron chi connectivity index (χ4n) is 4.33. The van der Waals surface area contributed by atoms with Gasteiger partial charge >= 0.3 is 5.97 Å². The first kappa shape index (κ1) is 29.0. The second kappa shape index (κ2) is 12.8. The molecule has 1 aliphatic carbocycles. The summed E-state index contributed by atoms with van der Waals surface area (Å²) in [5, 5.41) is 5.54.